The molecule has 3 aromatic heterocycles. The molecular weight excluding hydrogens is 398 g/mol. The van der Waals surface area contributed by atoms with Crippen molar-refractivity contribution in [3.63, 3.8) is 0 Å². The summed E-state index contributed by atoms with van der Waals surface area (Å²) < 4.78 is 18.3. The van der Waals surface area contributed by atoms with Crippen LogP contribution < -0.4 is 4.74 Å². The summed E-state index contributed by atoms with van der Waals surface area (Å²) in [6.45, 7) is 0. The van der Waals surface area contributed by atoms with E-state index >= 15 is 0 Å². The van der Waals surface area contributed by atoms with Gasteiger partial charge < -0.3 is 13.9 Å². The first-order valence-corrected chi connectivity index (χ1v) is 8.42. The second kappa shape index (κ2) is 5.60. The van der Waals surface area contributed by atoms with Gasteiger partial charge in [-0.3, -0.25) is 0 Å². The third-order valence-electron chi connectivity index (χ3n) is 3.52. The monoisotopic (exact) mass is 407 g/mol. The third-order valence-corrected chi connectivity index (χ3v) is 4.88. The summed E-state index contributed by atoms with van der Waals surface area (Å²) in [5.74, 6) is 0.597. The van der Waals surface area contributed by atoms with Gasteiger partial charge in [-0.05, 0) is 28.1 Å². The number of ether oxygens (including phenoxy) is 2. The van der Waals surface area contributed by atoms with Gasteiger partial charge in [0.2, 0.25) is 4.96 Å². The highest BCUT2D eigenvalue weighted by atomic mass is 79.9. The summed E-state index contributed by atoms with van der Waals surface area (Å²) in [6, 6.07) is 5.11. The third kappa shape index (κ3) is 2.36. The van der Waals surface area contributed by atoms with Gasteiger partial charge in [0.05, 0.1) is 26.0 Å². The minimum atomic E-state index is -0.456. The molecular formula is C15H10BrN3O4S. The van der Waals surface area contributed by atoms with Gasteiger partial charge in [0.1, 0.15) is 17.0 Å². The van der Waals surface area contributed by atoms with E-state index in [9.17, 15) is 4.79 Å². The summed E-state index contributed by atoms with van der Waals surface area (Å²) in [7, 11) is 2.86. The van der Waals surface area contributed by atoms with Gasteiger partial charge in [-0.25, -0.2) is 14.3 Å². The smallest absolute Gasteiger partial charge is 0.338 e. The van der Waals surface area contributed by atoms with Crippen LogP contribution in [0.5, 0.6) is 5.75 Å². The Hall–Kier alpha value is -2.39. The number of aromatic nitrogens is 3. The fourth-order valence-electron chi connectivity index (χ4n) is 2.43. The molecule has 0 unspecified atom stereocenters. The van der Waals surface area contributed by atoms with Crippen molar-refractivity contribution in [1.29, 1.82) is 0 Å². The van der Waals surface area contributed by atoms with Crippen molar-refractivity contribution in [2.45, 2.75) is 0 Å². The number of methoxy groups -OCH3 is 2. The Labute approximate surface area is 147 Å². The van der Waals surface area contributed by atoms with E-state index in [1.54, 1.807) is 28.9 Å². The van der Waals surface area contributed by atoms with Crippen LogP contribution in [0, 0.1) is 0 Å². The summed E-state index contributed by atoms with van der Waals surface area (Å²) in [5.41, 5.74) is 1.53. The maximum Gasteiger partial charge on any atom is 0.338 e. The molecule has 0 aliphatic rings. The quantitative estimate of drug-likeness (QED) is 0.481. The molecule has 4 rings (SSSR count). The van der Waals surface area contributed by atoms with Crippen LogP contribution in [0.15, 0.2) is 32.7 Å². The standard InChI is InChI=1S/C15H10BrN3O4S/c1-21-7-3-9(13(20)22-2)8-5-12(23-11(8)4-7)10-6-19-15(17-10)24-14(16)18-19/h3-6H,1-2H3. The first kappa shape index (κ1) is 15.2. The Morgan fingerprint density at radius 3 is 2.88 bits per heavy atom. The molecule has 0 bridgehead atoms. The van der Waals surface area contributed by atoms with Gasteiger partial charge in [0.15, 0.2) is 9.68 Å². The normalized spacial score (nSPS) is 11.3. The van der Waals surface area contributed by atoms with Crippen LogP contribution in [0.2, 0.25) is 0 Å². The van der Waals surface area contributed by atoms with Crippen LogP contribution >= 0.6 is 27.3 Å². The minimum absolute atomic E-state index is 0.378. The number of carbonyl (C=O) groups excluding carboxylic acids is 1. The molecule has 0 aliphatic carbocycles. The molecule has 0 atom stereocenters. The van der Waals surface area contributed by atoms with Gasteiger partial charge in [0, 0.05) is 11.5 Å². The van der Waals surface area contributed by atoms with E-state index in [4.69, 9.17) is 13.9 Å². The van der Waals surface area contributed by atoms with E-state index in [2.05, 4.69) is 26.0 Å². The lowest BCUT2D eigenvalue weighted by molar-refractivity contribution is 0.0602. The number of carbonyl (C=O) groups is 1. The lowest BCUT2D eigenvalue weighted by atomic mass is 10.1. The Bertz CT molecular complexity index is 1050. The second-order valence-corrected chi connectivity index (χ2v) is 7.13. The Morgan fingerprint density at radius 1 is 1.33 bits per heavy atom. The number of imidazole rings is 1. The van der Waals surface area contributed by atoms with Crippen LogP contribution in [-0.2, 0) is 4.74 Å². The number of hydrogen-bond acceptors (Lipinski definition) is 7. The van der Waals surface area contributed by atoms with Crippen LogP contribution in [-0.4, -0.2) is 34.8 Å². The summed E-state index contributed by atoms with van der Waals surface area (Å²) in [5, 5.41) is 4.90. The summed E-state index contributed by atoms with van der Waals surface area (Å²) in [6.07, 6.45) is 1.77. The second-order valence-electron chi connectivity index (χ2n) is 4.90. The number of rotatable bonds is 3. The molecule has 3 heterocycles. The zero-order valence-electron chi connectivity index (χ0n) is 12.6. The van der Waals surface area contributed by atoms with Gasteiger partial charge >= 0.3 is 5.97 Å². The van der Waals surface area contributed by atoms with Crippen molar-refractivity contribution in [1.82, 2.24) is 14.6 Å². The molecule has 0 aliphatic heterocycles. The molecule has 122 valence electrons. The maximum absolute atomic E-state index is 12.0. The van der Waals surface area contributed by atoms with Crippen LogP contribution in [0.3, 0.4) is 0 Å². The number of fused-ring (bicyclic) bond motifs is 2. The molecule has 0 fully saturated rings. The predicted octanol–water partition coefficient (Wildman–Crippen LogP) is 3.76. The van der Waals surface area contributed by atoms with Crippen molar-refractivity contribution >= 4 is 49.2 Å². The Kier molecular flexibility index (Phi) is 3.54. The highest BCUT2D eigenvalue weighted by Gasteiger charge is 2.19. The fourth-order valence-corrected chi connectivity index (χ4v) is 3.65. The van der Waals surface area contributed by atoms with E-state index in [1.807, 2.05) is 0 Å². The number of furan rings is 1. The van der Waals surface area contributed by atoms with Crippen LogP contribution in [0.4, 0.5) is 0 Å². The van der Waals surface area contributed by atoms with E-state index < -0.39 is 5.97 Å². The van der Waals surface area contributed by atoms with Gasteiger partial charge in [-0.2, -0.15) is 0 Å². The molecule has 7 nitrogen and oxygen atoms in total. The van der Waals surface area contributed by atoms with E-state index in [0.29, 0.717) is 33.7 Å². The molecule has 0 N–H and O–H groups in total. The number of halogens is 1. The maximum atomic E-state index is 12.0. The summed E-state index contributed by atoms with van der Waals surface area (Å²) >= 11 is 4.73. The average Bonchev–Trinajstić information content (AvgIpc) is 3.24. The molecule has 0 spiro atoms. The molecule has 1 aromatic carbocycles. The SMILES string of the molecule is COC(=O)c1cc(OC)cc2oc(-c3cn4nc(Br)sc4n3)cc12. The van der Waals surface area contributed by atoms with Crippen molar-refractivity contribution in [3.05, 3.63) is 33.9 Å². The highest BCUT2D eigenvalue weighted by Crippen LogP contribution is 2.33. The zero-order valence-corrected chi connectivity index (χ0v) is 15.0. The first-order valence-electron chi connectivity index (χ1n) is 6.81. The number of benzene rings is 1. The van der Waals surface area contributed by atoms with Gasteiger partial charge in [0.25, 0.3) is 0 Å². The van der Waals surface area contributed by atoms with Crippen LogP contribution in [0.1, 0.15) is 10.4 Å². The molecule has 0 radical (unpaired) electrons. The minimum Gasteiger partial charge on any atom is -0.497 e. The topological polar surface area (TPSA) is 78.9 Å². The van der Waals surface area contributed by atoms with Crippen molar-refractivity contribution < 1.29 is 18.7 Å². The van der Waals surface area contributed by atoms with E-state index in [-0.39, 0.29) is 0 Å². The number of hydrogen-bond donors (Lipinski definition) is 0. The Balaban J connectivity index is 1.90. The van der Waals surface area contributed by atoms with Gasteiger partial charge in [-0.1, -0.05) is 11.3 Å². The lowest BCUT2D eigenvalue weighted by Crippen LogP contribution is -2.02. The molecule has 4 aromatic rings. The van der Waals surface area contributed by atoms with Crippen LogP contribution in [0.25, 0.3) is 27.4 Å². The van der Waals surface area contributed by atoms with Crippen molar-refractivity contribution in [3.8, 4) is 17.2 Å². The van der Waals surface area contributed by atoms with E-state index in [0.717, 1.165) is 8.88 Å². The summed E-state index contributed by atoms with van der Waals surface area (Å²) in [4.78, 5) is 17.2. The molecule has 24 heavy (non-hydrogen) atoms. The molecule has 0 saturated carbocycles. The highest BCUT2D eigenvalue weighted by molar-refractivity contribution is 9.11. The fraction of sp³-hybridized carbons (Fsp3) is 0.133. The van der Waals surface area contributed by atoms with Crippen molar-refractivity contribution in [2.75, 3.05) is 14.2 Å². The number of esters is 1. The number of nitrogens with zero attached hydrogens (tertiary/aromatic N) is 3. The van der Waals surface area contributed by atoms with E-state index in [1.165, 1.54) is 25.6 Å². The zero-order chi connectivity index (χ0) is 16.8. The van der Waals surface area contributed by atoms with Crippen molar-refractivity contribution in [2.24, 2.45) is 0 Å². The molecule has 0 saturated heterocycles. The largest absolute Gasteiger partial charge is 0.497 e. The first-order chi connectivity index (χ1) is 11.6. The predicted molar refractivity (Wildman–Crippen MR) is 91.7 cm³/mol. The average molecular weight is 408 g/mol. The molecule has 9 heteroatoms. The molecule has 0 amide bonds. The lowest BCUT2D eigenvalue weighted by Gasteiger charge is -2.04. The Morgan fingerprint density at radius 2 is 2.17 bits per heavy atom. The van der Waals surface area contributed by atoms with Gasteiger partial charge in [-0.15, -0.1) is 5.10 Å².